The van der Waals surface area contributed by atoms with Gasteiger partial charge in [-0.25, -0.2) is 4.99 Å². The molecule has 1 aromatic rings. The topological polar surface area (TPSA) is 149 Å². The van der Waals surface area contributed by atoms with Crippen molar-refractivity contribution >= 4 is 29.2 Å². The van der Waals surface area contributed by atoms with E-state index >= 15 is 0 Å². The maximum atomic E-state index is 12.6. The van der Waals surface area contributed by atoms with Crippen LogP contribution in [0.1, 0.15) is 30.6 Å². The average molecular weight is 387 g/mol. The Morgan fingerprint density at radius 3 is 2.46 bits per heavy atom. The van der Waals surface area contributed by atoms with E-state index in [1.807, 2.05) is 0 Å². The quantitative estimate of drug-likeness (QED) is 0.297. The molecule has 2 amide bonds. The summed E-state index contributed by atoms with van der Waals surface area (Å²) in [5.41, 5.74) is 12.2. The van der Waals surface area contributed by atoms with Crippen LogP contribution in [0.5, 0.6) is 0 Å². The number of aliphatic imine (C=N–C) groups is 1. The van der Waals surface area contributed by atoms with Gasteiger partial charge in [-0.15, -0.1) is 6.58 Å². The largest absolute Gasteiger partial charge is 0.370 e. The Balaban J connectivity index is 2.09. The molecule has 150 valence electrons. The van der Waals surface area contributed by atoms with Crippen molar-refractivity contribution in [3.8, 4) is 0 Å². The molecule has 1 aliphatic rings. The Hall–Kier alpha value is -3.20. The van der Waals surface area contributed by atoms with Crippen LogP contribution in [0.4, 0.5) is 5.69 Å². The molecule has 9 heteroatoms. The van der Waals surface area contributed by atoms with E-state index < -0.39 is 30.0 Å². The Kier molecular flexibility index (Phi) is 6.89. The van der Waals surface area contributed by atoms with Crippen LogP contribution in [-0.4, -0.2) is 48.4 Å². The van der Waals surface area contributed by atoms with Gasteiger partial charge in [0, 0.05) is 5.56 Å². The summed E-state index contributed by atoms with van der Waals surface area (Å²) < 4.78 is 5.23. The fourth-order valence-corrected chi connectivity index (χ4v) is 2.75. The first-order valence-corrected chi connectivity index (χ1v) is 8.77. The van der Waals surface area contributed by atoms with Crippen LogP contribution in [-0.2, 0) is 14.3 Å². The lowest BCUT2D eigenvalue weighted by Crippen LogP contribution is -2.53. The van der Waals surface area contributed by atoms with Gasteiger partial charge in [0.25, 0.3) is 5.91 Å². The van der Waals surface area contributed by atoms with Crippen molar-refractivity contribution in [2.24, 2.45) is 16.5 Å². The van der Waals surface area contributed by atoms with E-state index in [-0.39, 0.29) is 24.8 Å². The summed E-state index contributed by atoms with van der Waals surface area (Å²) in [5, 5.41) is 5.34. The molecule has 0 spiro atoms. The normalized spacial score (nSPS) is 19.6. The fourth-order valence-electron chi connectivity index (χ4n) is 2.75. The first-order chi connectivity index (χ1) is 13.2. The van der Waals surface area contributed by atoms with Crippen LogP contribution in [0.25, 0.3) is 0 Å². The molecule has 1 aromatic carbocycles. The van der Waals surface area contributed by atoms with Crippen molar-refractivity contribution in [2.45, 2.75) is 38.5 Å². The molecule has 1 saturated heterocycles. The number of rotatable bonds is 7. The molecule has 0 bridgehead atoms. The Labute approximate surface area is 163 Å². The first-order valence-electron chi connectivity index (χ1n) is 8.77. The van der Waals surface area contributed by atoms with Crippen LogP contribution in [0, 0.1) is 0 Å². The highest BCUT2D eigenvalue weighted by atomic mass is 16.5. The molecule has 0 saturated carbocycles. The lowest BCUT2D eigenvalue weighted by molar-refractivity contribution is -0.127. The van der Waals surface area contributed by atoms with E-state index in [1.165, 1.54) is 0 Å². The van der Waals surface area contributed by atoms with Crippen molar-refractivity contribution < 1.29 is 19.1 Å². The molecule has 2 rings (SSSR count). The second-order valence-corrected chi connectivity index (χ2v) is 6.74. The van der Waals surface area contributed by atoms with Gasteiger partial charge in [-0.3, -0.25) is 14.4 Å². The predicted molar refractivity (Wildman–Crippen MR) is 105 cm³/mol. The predicted octanol–water partition coefficient (Wildman–Crippen LogP) is 0.129. The SMILES string of the molecule is C=C(C)C[C@H](NC(=O)c1ccc(N=C(N)N)cc1)C(=O)N[C@@H]1C(=O)CO[C@@H]1C. The average Bonchev–Trinajstić information content (AvgIpc) is 2.92. The van der Waals surface area contributed by atoms with Gasteiger partial charge >= 0.3 is 0 Å². The van der Waals surface area contributed by atoms with E-state index in [0.29, 0.717) is 16.8 Å². The third-order valence-corrected chi connectivity index (χ3v) is 4.16. The van der Waals surface area contributed by atoms with E-state index in [2.05, 4.69) is 22.2 Å². The summed E-state index contributed by atoms with van der Waals surface area (Å²) in [4.78, 5) is 40.9. The third kappa shape index (κ3) is 5.65. The number of nitrogens with zero attached hydrogens (tertiary/aromatic N) is 1. The first kappa shape index (κ1) is 21.1. The lowest BCUT2D eigenvalue weighted by Gasteiger charge is -2.22. The lowest BCUT2D eigenvalue weighted by atomic mass is 10.1. The molecule has 1 aliphatic heterocycles. The minimum absolute atomic E-state index is 0.0359. The smallest absolute Gasteiger partial charge is 0.251 e. The highest BCUT2D eigenvalue weighted by molar-refractivity contribution is 5.99. The molecule has 0 radical (unpaired) electrons. The molecule has 9 nitrogen and oxygen atoms in total. The summed E-state index contributed by atoms with van der Waals surface area (Å²) in [5.74, 6) is -1.20. The number of carbonyl (C=O) groups excluding carboxylic acids is 3. The minimum Gasteiger partial charge on any atom is -0.370 e. The van der Waals surface area contributed by atoms with Crippen molar-refractivity contribution in [3.63, 3.8) is 0 Å². The zero-order chi connectivity index (χ0) is 20.8. The molecule has 0 aromatic heterocycles. The second kappa shape index (κ2) is 9.14. The number of Topliss-reactive ketones (excluding diaryl/α,β-unsaturated/α-hetero) is 1. The van der Waals surface area contributed by atoms with E-state index in [4.69, 9.17) is 16.2 Å². The van der Waals surface area contributed by atoms with E-state index in [0.717, 1.165) is 0 Å². The van der Waals surface area contributed by atoms with Gasteiger partial charge in [0.15, 0.2) is 11.7 Å². The van der Waals surface area contributed by atoms with Crippen molar-refractivity contribution in [2.75, 3.05) is 6.61 Å². The van der Waals surface area contributed by atoms with Crippen molar-refractivity contribution in [1.82, 2.24) is 10.6 Å². The number of nitrogens with one attached hydrogen (secondary N) is 2. The highest BCUT2D eigenvalue weighted by Gasteiger charge is 2.35. The Bertz CT molecular complexity index is 799. The summed E-state index contributed by atoms with van der Waals surface area (Å²) >= 11 is 0. The highest BCUT2D eigenvalue weighted by Crippen LogP contribution is 2.14. The molecule has 1 heterocycles. The maximum Gasteiger partial charge on any atom is 0.251 e. The van der Waals surface area contributed by atoms with Crippen LogP contribution < -0.4 is 22.1 Å². The summed E-state index contributed by atoms with van der Waals surface area (Å²) in [6.07, 6.45) is -0.180. The van der Waals surface area contributed by atoms with Gasteiger partial charge in [-0.1, -0.05) is 5.57 Å². The third-order valence-electron chi connectivity index (χ3n) is 4.16. The van der Waals surface area contributed by atoms with Gasteiger partial charge in [0.05, 0.1) is 11.8 Å². The minimum atomic E-state index is -0.872. The van der Waals surface area contributed by atoms with Crippen molar-refractivity contribution in [1.29, 1.82) is 0 Å². The molecule has 1 fully saturated rings. The maximum absolute atomic E-state index is 12.6. The van der Waals surface area contributed by atoms with Gasteiger partial charge in [0.1, 0.15) is 18.7 Å². The molecule has 28 heavy (non-hydrogen) atoms. The number of hydrogen-bond donors (Lipinski definition) is 4. The van der Waals surface area contributed by atoms with Gasteiger partial charge in [0.2, 0.25) is 5.91 Å². The summed E-state index contributed by atoms with van der Waals surface area (Å²) in [6.45, 7) is 7.22. The molecular formula is C19H25N5O4. The zero-order valence-corrected chi connectivity index (χ0v) is 15.9. The van der Waals surface area contributed by atoms with Crippen LogP contribution in [0.3, 0.4) is 0 Å². The number of carbonyl (C=O) groups is 3. The molecule has 0 aliphatic carbocycles. The van der Waals surface area contributed by atoms with Gasteiger partial charge in [-0.05, 0) is 44.5 Å². The number of guanidine groups is 1. The monoisotopic (exact) mass is 387 g/mol. The Morgan fingerprint density at radius 1 is 1.32 bits per heavy atom. The fraction of sp³-hybridized carbons (Fsp3) is 0.368. The van der Waals surface area contributed by atoms with Crippen LogP contribution in [0.2, 0.25) is 0 Å². The van der Waals surface area contributed by atoms with E-state index in [1.54, 1.807) is 38.1 Å². The summed E-state index contributed by atoms with van der Waals surface area (Å²) in [6, 6.07) is 4.66. The Morgan fingerprint density at radius 2 is 1.96 bits per heavy atom. The number of hydrogen-bond acceptors (Lipinski definition) is 5. The molecule has 0 unspecified atom stereocenters. The standard InChI is InChI=1S/C19H25N5O4/c1-10(2)8-14(18(27)24-16-11(3)28-9-15(16)25)23-17(26)12-4-6-13(7-5-12)22-19(20)21/h4-7,11,14,16H,1,8-9H2,2-3H3,(H,23,26)(H,24,27)(H4,20,21,22)/t11-,14+,16+/m1/s1. The van der Waals surface area contributed by atoms with Crippen molar-refractivity contribution in [3.05, 3.63) is 42.0 Å². The molecule has 6 N–H and O–H groups in total. The number of ketones is 1. The van der Waals surface area contributed by atoms with Gasteiger partial charge in [-0.2, -0.15) is 0 Å². The second-order valence-electron chi connectivity index (χ2n) is 6.74. The number of benzene rings is 1. The number of ether oxygens (including phenoxy) is 1. The zero-order valence-electron chi connectivity index (χ0n) is 15.9. The van der Waals surface area contributed by atoms with Gasteiger partial charge < -0.3 is 26.8 Å². The molecular weight excluding hydrogens is 362 g/mol. The van der Waals surface area contributed by atoms with Crippen LogP contribution in [0.15, 0.2) is 41.4 Å². The van der Waals surface area contributed by atoms with Crippen LogP contribution >= 0.6 is 0 Å². The summed E-state index contributed by atoms with van der Waals surface area (Å²) in [7, 11) is 0. The molecule has 3 atom stereocenters. The number of amides is 2. The number of nitrogens with two attached hydrogens (primary N) is 2. The van der Waals surface area contributed by atoms with E-state index in [9.17, 15) is 14.4 Å².